The van der Waals surface area contributed by atoms with E-state index in [-0.39, 0.29) is 18.4 Å². The quantitative estimate of drug-likeness (QED) is 0.872. The van der Waals surface area contributed by atoms with Gasteiger partial charge in [-0.2, -0.15) is 0 Å². The molecule has 2 aromatic rings. The zero-order valence-corrected chi connectivity index (χ0v) is 13.9. The molecule has 2 amide bonds. The first-order chi connectivity index (χ1) is 12.0. The van der Waals surface area contributed by atoms with Gasteiger partial charge in [0.05, 0.1) is 12.8 Å². The second-order valence-electron chi connectivity index (χ2n) is 5.48. The molecule has 7 nitrogen and oxygen atoms in total. The van der Waals surface area contributed by atoms with Crippen LogP contribution in [0.1, 0.15) is 6.92 Å². The van der Waals surface area contributed by atoms with Gasteiger partial charge in [0, 0.05) is 11.8 Å². The molecule has 2 aromatic carbocycles. The molecular formula is C18H18N2O5. The normalized spacial score (nSPS) is 15.4. The topological polar surface area (TPSA) is 85.9 Å². The van der Waals surface area contributed by atoms with Crippen LogP contribution in [0.2, 0.25) is 0 Å². The van der Waals surface area contributed by atoms with Gasteiger partial charge in [0.2, 0.25) is 0 Å². The smallest absolute Gasteiger partial charge is 0.265 e. The third kappa shape index (κ3) is 4.00. The standard InChI is InChI=1S/C18H18N2O5/c1-11-18(22)20-15-8-12(6-7-16(15)25-11)19-17(21)10-24-14-5-3-4-13(9-14)23-2/h3-9,11H,10H2,1-2H3,(H,19,21)(H,20,22). The molecule has 1 heterocycles. The third-order valence-corrected chi connectivity index (χ3v) is 3.61. The van der Waals surface area contributed by atoms with Gasteiger partial charge in [0.1, 0.15) is 17.2 Å². The minimum atomic E-state index is -0.538. The fourth-order valence-corrected chi connectivity index (χ4v) is 2.32. The number of methoxy groups -OCH3 is 1. The van der Waals surface area contributed by atoms with Crippen LogP contribution in [0.15, 0.2) is 42.5 Å². The number of hydrogen-bond donors (Lipinski definition) is 2. The molecule has 1 aliphatic heterocycles. The molecule has 7 heteroatoms. The highest BCUT2D eigenvalue weighted by atomic mass is 16.5. The summed E-state index contributed by atoms with van der Waals surface area (Å²) in [6.45, 7) is 1.52. The maximum Gasteiger partial charge on any atom is 0.265 e. The van der Waals surface area contributed by atoms with Crippen LogP contribution < -0.4 is 24.8 Å². The summed E-state index contributed by atoms with van der Waals surface area (Å²) in [5.41, 5.74) is 1.06. The minimum absolute atomic E-state index is 0.149. The SMILES string of the molecule is COc1cccc(OCC(=O)Nc2ccc3c(c2)NC(=O)C(C)O3)c1. The summed E-state index contributed by atoms with van der Waals surface area (Å²) in [7, 11) is 1.56. The van der Waals surface area contributed by atoms with Crippen LogP contribution in [0.25, 0.3) is 0 Å². The third-order valence-electron chi connectivity index (χ3n) is 3.61. The summed E-state index contributed by atoms with van der Waals surface area (Å²) < 4.78 is 16.0. The fraction of sp³-hybridized carbons (Fsp3) is 0.222. The molecule has 0 saturated heterocycles. The molecule has 1 unspecified atom stereocenters. The van der Waals surface area contributed by atoms with E-state index in [1.54, 1.807) is 56.5 Å². The van der Waals surface area contributed by atoms with Crippen molar-refractivity contribution in [1.82, 2.24) is 0 Å². The van der Waals surface area contributed by atoms with Crippen molar-refractivity contribution in [3.8, 4) is 17.2 Å². The molecule has 0 saturated carbocycles. The summed E-state index contributed by atoms with van der Waals surface area (Å²) in [4.78, 5) is 23.7. The number of ether oxygens (including phenoxy) is 3. The first-order valence-corrected chi connectivity index (χ1v) is 7.73. The summed E-state index contributed by atoms with van der Waals surface area (Å²) in [5.74, 6) is 1.21. The average Bonchev–Trinajstić information content (AvgIpc) is 2.61. The number of fused-ring (bicyclic) bond motifs is 1. The van der Waals surface area contributed by atoms with Crippen molar-refractivity contribution in [3.63, 3.8) is 0 Å². The molecule has 1 aliphatic rings. The van der Waals surface area contributed by atoms with Crippen molar-refractivity contribution >= 4 is 23.2 Å². The Morgan fingerprint density at radius 2 is 2.04 bits per heavy atom. The summed E-state index contributed by atoms with van der Waals surface area (Å²) in [6, 6.07) is 12.0. The molecule has 0 aromatic heterocycles. The zero-order chi connectivity index (χ0) is 17.8. The van der Waals surface area contributed by atoms with Crippen LogP contribution in [0.5, 0.6) is 17.2 Å². The van der Waals surface area contributed by atoms with E-state index in [1.807, 2.05) is 0 Å². The highest BCUT2D eigenvalue weighted by molar-refractivity contribution is 5.99. The monoisotopic (exact) mass is 342 g/mol. The van der Waals surface area contributed by atoms with Gasteiger partial charge in [-0.25, -0.2) is 0 Å². The Morgan fingerprint density at radius 1 is 1.24 bits per heavy atom. The molecule has 0 fully saturated rings. The van der Waals surface area contributed by atoms with E-state index in [2.05, 4.69) is 10.6 Å². The number of rotatable bonds is 5. The number of hydrogen-bond acceptors (Lipinski definition) is 5. The van der Waals surface area contributed by atoms with Gasteiger partial charge in [0.25, 0.3) is 11.8 Å². The molecule has 2 N–H and O–H groups in total. The largest absolute Gasteiger partial charge is 0.497 e. The van der Waals surface area contributed by atoms with Crippen LogP contribution >= 0.6 is 0 Å². The van der Waals surface area contributed by atoms with Gasteiger partial charge >= 0.3 is 0 Å². The molecule has 0 aliphatic carbocycles. The Morgan fingerprint density at radius 3 is 2.84 bits per heavy atom. The molecule has 0 spiro atoms. The van der Waals surface area contributed by atoms with E-state index in [1.165, 1.54) is 0 Å². The lowest BCUT2D eigenvalue weighted by Gasteiger charge is -2.23. The van der Waals surface area contributed by atoms with E-state index in [9.17, 15) is 9.59 Å². The maximum atomic E-state index is 12.0. The Kier molecular flexibility index (Phi) is 4.74. The van der Waals surface area contributed by atoms with Gasteiger partial charge < -0.3 is 24.8 Å². The summed E-state index contributed by atoms with van der Waals surface area (Å²) in [5, 5.41) is 5.45. The van der Waals surface area contributed by atoms with Crippen molar-refractivity contribution < 1.29 is 23.8 Å². The van der Waals surface area contributed by atoms with E-state index in [0.29, 0.717) is 28.6 Å². The molecule has 3 rings (SSSR count). The number of carbonyl (C=O) groups is 2. The molecule has 0 radical (unpaired) electrons. The number of anilines is 2. The van der Waals surface area contributed by atoms with Crippen molar-refractivity contribution in [3.05, 3.63) is 42.5 Å². The van der Waals surface area contributed by atoms with Crippen molar-refractivity contribution in [2.75, 3.05) is 24.4 Å². The Labute approximate surface area is 144 Å². The number of carbonyl (C=O) groups excluding carboxylic acids is 2. The number of nitrogens with one attached hydrogen (secondary N) is 2. The molecule has 130 valence electrons. The zero-order valence-electron chi connectivity index (χ0n) is 13.9. The van der Waals surface area contributed by atoms with E-state index >= 15 is 0 Å². The van der Waals surface area contributed by atoms with Crippen LogP contribution in [-0.4, -0.2) is 31.6 Å². The summed E-state index contributed by atoms with van der Waals surface area (Å²) >= 11 is 0. The number of amides is 2. The van der Waals surface area contributed by atoms with Crippen LogP contribution in [0, 0.1) is 0 Å². The van der Waals surface area contributed by atoms with Gasteiger partial charge in [-0.15, -0.1) is 0 Å². The summed E-state index contributed by atoms with van der Waals surface area (Å²) in [6.07, 6.45) is -0.538. The average molecular weight is 342 g/mol. The van der Waals surface area contributed by atoms with Crippen molar-refractivity contribution in [2.24, 2.45) is 0 Å². The minimum Gasteiger partial charge on any atom is -0.497 e. The highest BCUT2D eigenvalue weighted by Gasteiger charge is 2.23. The first kappa shape index (κ1) is 16.6. The second-order valence-corrected chi connectivity index (χ2v) is 5.48. The predicted octanol–water partition coefficient (Wildman–Crippen LogP) is 2.43. The Balaban J connectivity index is 1.59. The Hall–Kier alpha value is -3.22. The van der Waals surface area contributed by atoms with Crippen LogP contribution in [-0.2, 0) is 9.59 Å². The molecule has 1 atom stereocenters. The van der Waals surface area contributed by atoms with Crippen molar-refractivity contribution in [2.45, 2.75) is 13.0 Å². The maximum absolute atomic E-state index is 12.0. The van der Waals surface area contributed by atoms with Crippen LogP contribution in [0.3, 0.4) is 0 Å². The van der Waals surface area contributed by atoms with Gasteiger partial charge in [-0.1, -0.05) is 6.07 Å². The van der Waals surface area contributed by atoms with Gasteiger partial charge in [-0.05, 0) is 37.3 Å². The molecule has 0 bridgehead atoms. The second kappa shape index (κ2) is 7.12. The lowest BCUT2D eigenvalue weighted by molar-refractivity contribution is -0.122. The predicted molar refractivity (Wildman–Crippen MR) is 92.3 cm³/mol. The van der Waals surface area contributed by atoms with Crippen LogP contribution in [0.4, 0.5) is 11.4 Å². The first-order valence-electron chi connectivity index (χ1n) is 7.73. The van der Waals surface area contributed by atoms with E-state index in [4.69, 9.17) is 14.2 Å². The van der Waals surface area contributed by atoms with E-state index < -0.39 is 6.10 Å². The van der Waals surface area contributed by atoms with Gasteiger partial charge in [0.15, 0.2) is 12.7 Å². The lowest BCUT2D eigenvalue weighted by Crippen LogP contribution is -2.34. The van der Waals surface area contributed by atoms with Gasteiger partial charge in [-0.3, -0.25) is 9.59 Å². The lowest BCUT2D eigenvalue weighted by atomic mass is 10.2. The fourth-order valence-electron chi connectivity index (χ4n) is 2.32. The number of benzene rings is 2. The van der Waals surface area contributed by atoms with E-state index in [0.717, 1.165) is 0 Å². The van der Waals surface area contributed by atoms with Crippen molar-refractivity contribution in [1.29, 1.82) is 0 Å². The molecular weight excluding hydrogens is 324 g/mol. The molecule has 25 heavy (non-hydrogen) atoms. The Bertz CT molecular complexity index is 806. The highest BCUT2D eigenvalue weighted by Crippen LogP contribution is 2.32.